The fraction of sp³-hybridized carbons (Fsp3) is 0.400. The molecule has 0 atom stereocenters. The number of aromatic nitrogens is 1. The maximum absolute atomic E-state index is 11.5. The second-order valence-electron chi connectivity index (χ2n) is 6.28. The molecule has 2 aromatic rings. The molecular formula is C20H23NO3. The van der Waals surface area contributed by atoms with Gasteiger partial charge in [0.15, 0.2) is 0 Å². The second-order valence-corrected chi connectivity index (χ2v) is 6.28. The Balaban J connectivity index is 1.99. The van der Waals surface area contributed by atoms with Crippen molar-refractivity contribution in [2.24, 2.45) is 5.92 Å². The molecule has 0 aliphatic heterocycles. The molecule has 1 N–H and O–H groups in total. The molecule has 1 aromatic heterocycles. The molecule has 0 bridgehead atoms. The van der Waals surface area contributed by atoms with E-state index in [1.54, 1.807) is 12.1 Å². The van der Waals surface area contributed by atoms with Gasteiger partial charge >= 0.3 is 5.97 Å². The highest BCUT2D eigenvalue weighted by Crippen LogP contribution is 2.32. The minimum atomic E-state index is -0.903. The van der Waals surface area contributed by atoms with Gasteiger partial charge in [-0.2, -0.15) is 0 Å². The smallest absolute Gasteiger partial charge is 0.337 e. The highest BCUT2D eigenvalue weighted by molar-refractivity contribution is 5.89. The van der Waals surface area contributed by atoms with Crippen LogP contribution in [0.5, 0.6) is 5.75 Å². The highest BCUT2D eigenvalue weighted by Gasteiger charge is 2.21. The van der Waals surface area contributed by atoms with Gasteiger partial charge in [0.25, 0.3) is 0 Å². The number of carboxylic acid groups (broad SMARTS) is 1. The van der Waals surface area contributed by atoms with Crippen molar-refractivity contribution in [3.8, 4) is 17.0 Å². The lowest BCUT2D eigenvalue weighted by Crippen LogP contribution is -2.10. The van der Waals surface area contributed by atoms with Crippen LogP contribution in [-0.2, 0) is 6.42 Å². The molecule has 0 saturated heterocycles. The Hall–Kier alpha value is -2.36. The number of rotatable bonds is 6. The first-order valence-corrected chi connectivity index (χ1v) is 8.64. The lowest BCUT2D eigenvalue weighted by Gasteiger charge is -2.14. The van der Waals surface area contributed by atoms with Crippen LogP contribution in [0.25, 0.3) is 11.3 Å². The standard InChI is InChI=1S/C20H23NO3/c1-2-24-19-10-6-5-9-15(19)17-12-11-16(20(22)23)18(21-17)13-14-7-3-4-8-14/h5-6,9-12,14H,2-4,7-8,13H2,1H3,(H,22,23). The summed E-state index contributed by atoms with van der Waals surface area (Å²) in [6, 6.07) is 11.2. The minimum absolute atomic E-state index is 0.319. The molecule has 24 heavy (non-hydrogen) atoms. The molecule has 4 heteroatoms. The maximum Gasteiger partial charge on any atom is 0.337 e. The van der Waals surface area contributed by atoms with Crippen molar-refractivity contribution in [2.45, 2.75) is 39.0 Å². The van der Waals surface area contributed by atoms with Crippen molar-refractivity contribution in [3.63, 3.8) is 0 Å². The lowest BCUT2D eigenvalue weighted by molar-refractivity contribution is 0.0695. The maximum atomic E-state index is 11.5. The highest BCUT2D eigenvalue weighted by atomic mass is 16.5. The average Bonchev–Trinajstić information content (AvgIpc) is 3.08. The van der Waals surface area contributed by atoms with Gasteiger partial charge in [-0.3, -0.25) is 4.98 Å². The number of benzene rings is 1. The van der Waals surface area contributed by atoms with E-state index in [1.807, 2.05) is 31.2 Å². The third kappa shape index (κ3) is 3.58. The van der Waals surface area contributed by atoms with Crippen LogP contribution in [0.1, 0.15) is 48.7 Å². The van der Waals surface area contributed by atoms with E-state index in [0.29, 0.717) is 23.8 Å². The third-order valence-corrected chi connectivity index (χ3v) is 4.62. The lowest BCUT2D eigenvalue weighted by atomic mass is 9.97. The topological polar surface area (TPSA) is 59.4 Å². The first kappa shape index (κ1) is 16.5. The zero-order valence-electron chi connectivity index (χ0n) is 14.0. The Morgan fingerprint density at radius 1 is 1.21 bits per heavy atom. The normalized spacial score (nSPS) is 14.7. The van der Waals surface area contributed by atoms with Gasteiger partial charge in [0.2, 0.25) is 0 Å². The molecule has 0 amide bonds. The molecule has 126 valence electrons. The van der Waals surface area contributed by atoms with Gasteiger partial charge in [-0.15, -0.1) is 0 Å². The summed E-state index contributed by atoms with van der Waals surface area (Å²) in [4.78, 5) is 16.3. The van der Waals surface area contributed by atoms with Crippen molar-refractivity contribution in [3.05, 3.63) is 47.7 Å². The molecule has 1 aliphatic carbocycles. The van der Waals surface area contributed by atoms with Crippen molar-refractivity contribution >= 4 is 5.97 Å². The van der Waals surface area contributed by atoms with Gasteiger partial charge in [0.05, 0.1) is 23.6 Å². The predicted molar refractivity (Wildman–Crippen MR) is 93.5 cm³/mol. The molecule has 0 unspecified atom stereocenters. The first-order valence-electron chi connectivity index (χ1n) is 8.64. The van der Waals surface area contributed by atoms with Crippen molar-refractivity contribution in [2.75, 3.05) is 6.61 Å². The number of carboxylic acids is 1. The monoisotopic (exact) mass is 325 g/mol. The van der Waals surface area contributed by atoms with Crippen molar-refractivity contribution in [1.29, 1.82) is 0 Å². The second kappa shape index (κ2) is 7.47. The summed E-state index contributed by atoms with van der Waals surface area (Å²) in [5.74, 6) is 0.426. The average molecular weight is 325 g/mol. The summed E-state index contributed by atoms with van der Waals surface area (Å²) in [7, 11) is 0. The fourth-order valence-electron chi connectivity index (χ4n) is 3.45. The first-order chi connectivity index (χ1) is 11.7. The SMILES string of the molecule is CCOc1ccccc1-c1ccc(C(=O)O)c(CC2CCCC2)n1. The zero-order valence-corrected chi connectivity index (χ0v) is 14.0. The zero-order chi connectivity index (χ0) is 16.9. The number of para-hydroxylation sites is 1. The number of pyridine rings is 1. The molecule has 0 radical (unpaired) electrons. The van der Waals surface area contributed by atoms with E-state index in [4.69, 9.17) is 9.72 Å². The van der Waals surface area contributed by atoms with E-state index in [9.17, 15) is 9.90 Å². The van der Waals surface area contributed by atoms with E-state index >= 15 is 0 Å². The number of nitrogens with zero attached hydrogens (tertiary/aromatic N) is 1. The summed E-state index contributed by atoms with van der Waals surface area (Å²) in [5, 5.41) is 9.48. The number of ether oxygens (including phenoxy) is 1. The minimum Gasteiger partial charge on any atom is -0.493 e. The van der Waals surface area contributed by atoms with E-state index in [-0.39, 0.29) is 0 Å². The van der Waals surface area contributed by atoms with Crippen LogP contribution in [-0.4, -0.2) is 22.7 Å². The van der Waals surface area contributed by atoms with Gasteiger partial charge in [-0.25, -0.2) is 4.79 Å². The van der Waals surface area contributed by atoms with Crippen LogP contribution in [0.2, 0.25) is 0 Å². The van der Waals surface area contributed by atoms with Crippen molar-refractivity contribution in [1.82, 2.24) is 4.98 Å². The van der Waals surface area contributed by atoms with E-state index in [2.05, 4.69) is 0 Å². The number of hydrogen-bond donors (Lipinski definition) is 1. The Labute approximate surface area is 142 Å². The van der Waals surface area contributed by atoms with Crippen LogP contribution in [0, 0.1) is 5.92 Å². The molecule has 1 aliphatic rings. The molecule has 0 spiro atoms. The number of carbonyl (C=O) groups is 1. The summed E-state index contributed by atoms with van der Waals surface area (Å²) in [6.45, 7) is 2.53. The van der Waals surface area contributed by atoms with Crippen molar-refractivity contribution < 1.29 is 14.6 Å². The van der Waals surface area contributed by atoms with Crippen LogP contribution in [0.4, 0.5) is 0 Å². The quantitative estimate of drug-likeness (QED) is 0.844. The summed E-state index contributed by atoms with van der Waals surface area (Å²) < 4.78 is 5.69. The molecule has 4 nitrogen and oxygen atoms in total. The summed E-state index contributed by atoms with van der Waals surface area (Å²) in [5.41, 5.74) is 2.69. The van der Waals surface area contributed by atoms with Gasteiger partial charge in [-0.05, 0) is 43.5 Å². The Kier molecular flexibility index (Phi) is 5.14. The van der Waals surface area contributed by atoms with Gasteiger partial charge in [0, 0.05) is 5.56 Å². The number of aromatic carboxylic acids is 1. The fourth-order valence-corrected chi connectivity index (χ4v) is 3.45. The molecular weight excluding hydrogens is 302 g/mol. The number of hydrogen-bond acceptors (Lipinski definition) is 3. The summed E-state index contributed by atoms with van der Waals surface area (Å²) in [6.07, 6.45) is 5.55. The molecule has 3 rings (SSSR count). The van der Waals surface area contributed by atoms with Crippen LogP contribution >= 0.6 is 0 Å². The largest absolute Gasteiger partial charge is 0.493 e. The van der Waals surface area contributed by atoms with E-state index in [0.717, 1.165) is 23.4 Å². The van der Waals surface area contributed by atoms with E-state index < -0.39 is 5.97 Å². The molecule has 1 saturated carbocycles. The van der Waals surface area contributed by atoms with Crippen LogP contribution in [0.3, 0.4) is 0 Å². The van der Waals surface area contributed by atoms with Gasteiger partial charge < -0.3 is 9.84 Å². The third-order valence-electron chi connectivity index (χ3n) is 4.62. The van der Waals surface area contributed by atoms with Crippen LogP contribution < -0.4 is 4.74 Å². The summed E-state index contributed by atoms with van der Waals surface area (Å²) >= 11 is 0. The molecule has 1 aromatic carbocycles. The molecule has 1 heterocycles. The van der Waals surface area contributed by atoms with Crippen LogP contribution in [0.15, 0.2) is 36.4 Å². The molecule has 1 fully saturated rings. The Morgan fingerprint density at radius 3 is 2.67 bits per heavy atom. The van der Waals surface area contributed by atoms with E-state index in [1.165, 1.54) is 25.7 Å². The predicted octanol–water partition coefficient (Wildman–Crippen LogP) is 4.58. The Morgan fingerprint density at radius 2 is 1.96 bits per heavy atom. The Bertz CT molecular complexity index is 721. The van der Waals surface area contributed by atoms with Gasteiger partial charge in [0.1, 0.15) is 5.75 Å². The van der Waals surface area contributed by atoms with Gasteiger partial charge in [-0.1, -0.05) is 37.8 Å².